The predicted octanol–water partition coefficient (Wildman–Crippen LogP) is 4.95. The molecule has 0 aliphatic rings. The van der Waals surface area contributed by atoms with Crippen molar-refractivity contribution in [3.05, 3.63) is 77.1 Å². The number of rotatable bonds is 4. The van der Waals surface area contributed by atoms with Gasteiger partial charge in [0.1, 0.15) is 5.69 Å². The van der Waals surface area contributed by atoms with Crippen LogP contribution in [0.25, 0.3) is 0 Å². The minimum Gasteiger partial charge on any atom is -0.324 e. The van der Waals surface area contributed by atoms with Crippen LogP contribution in [0.2, 0.25) is 0 Å². The van der Waals surface area contributed by atoms with Crippen molar-refractivity contribution in [2.24, 2.45) is 0 Å². The average Bonchev–Trinajstić information content (AvgIpc) is 2.67. The van der Waals surface area contributed by atoms with Crippen molar-refractivity contribution < 1.29 is 4.79 Å². The van der Waals surface area contributed by atoms with Gasteiger partial charge in [-0.2, -0.15) is 5.26 Å². The van der Waals surface area contributed by atoms with Crippen molar-refractivity contribution in [1.29, 1.82) is 5.26 Å². The molecule has 0 aliphatic carbocycles. The molecule has 3 rings (SSSR count). The van der Waals surface area contributed by atoms with Crippen LogP contribution in [0.5, 0.6) is 0 Å². The van der Waals surface area contributed by atoms with Crippen molar-refractivity contribution in [2.45, 2.75) is 33.1 Å². The molecule has 2 N–H and O–H groups in total. The third-order valence-corrected chi connectivity index (χ3v) is 4.34. The summed E-state index contributed by atoms with van der Waals surface area (Å²) in [6, 6.07) is 18.3. The molecule has 146 valence electrons. The summed E-state index contributed by atoms with van der Waals surface area (Å²) in [5, 5.41) is 14.9. The summed E-state index contributed by atoms with van der Waals surface area (Å²) in [6.07, 6.45) is 0. The number of nitrogens with one attached hydrogen (secondary N) is 2. The van der Waals surface area contributed by atoms with E-state index in [4.69, 9.17) is 5.26 Å². The third-order valence-electron chi connectivity index (χ3n) is 4.34. The van der Waals surface area contributed by atoms with Gasteiger partial charge in [0.2, 0.25) is 5.95 Å². The SMILES string of the molecule is Cc1cc(C(=O)Nc2ccc(C#N)cc2)nc(Nc2ccccc2C(C)(C)C)n1. The fourth-order valence-electron chi connectivity index (χ4n) is 2.93. The predicted molar refractivity (Wildman–Crippen MR) is 114 cm³/mol. The number of benzene rings is 2. The summed E-state index contributed by atoms with van der Waals surface area (Å²) in [4.78, 5) is 21.5. The molecule has 3 aromatic rings. The van der Waals surface area contributed by atoms with Crippen LogP contribution in [-0.4, -0.2) is 15.9 Å². The number of nitriles is 1. The first kappa shape index (κ1) is 20.0. The Morgan fingerprint density at radius 2 is 1.72 bits per heavy atom. The fourth-order valence-corrected chi connectivity index (χ4v) is 2.93. The van der Waals surface area contributed by atoms with Crippen molar-refractivity contribution in [2.75, 3.05) is 10.6 Å². The smallest absolute Gasteiger partial charge is 0.274 e. The van der Waals surface area contributed by atoms with Crippen LogP contribution in [0.15, 0.2) is 54.6 Å². The Morgan fingerprint density at radius 3 is 2.38 bits per heavy atom. The van der Waals surface area contributed by atoms with Gasteiger partial charge in [0.25, 0.3) is 5.91 Å². The molecule has 0 bridgehead atoms. The zero-order chi connectivity index (χ0) is 21.0. The molecule has 1 aromatic heterocycles. The van der Waals surface area contributed by atoms with Crippen molar-refractivity contribution >= 4 is 23.2 Å². The summed E-state index contributed by atoms with van der Waals surface area (Å²) in [5.74, 6) is 0.0269. The molecule has 2 aromatic carbocycles. The second kappa shape index (κ2) is 8.11. The number of para-hydroxylation sites is 1. The zero-order valence-electron chi connectivity index (χ0n) is 16.9. The molecule has 1 heterocycles. The van der Waals surface area contributed by atoms with Gasteiger partial charge >= 0.3 is 0 Å². The number of amides is 1. The lowest BCUT2D eigenvalue weighted by molar-refractivity contribution is 0.102. The molecule has 0 spiro atoms. The van der Waals surface area contributed by atoms with Gasteiger partial charge in [-0.3, -0.25) is 4.79 Å². The summed E-state index contributed by atoms with van der Waals surface area (Å²) < 4.78 is 0. The van der Waals surface area contributed by atoms with Crippen molar-refractivity contribution in [3.63, 3.8) is 0 Å². The minimum atomic E-state index is -0.340. The number of nitrogens with zero attached hydrogens (tertiary/aromatic N) is 3. The van der Waals surface area contributed by atoms with Gasteiger partial charge in [0.15, 0.2) is 0 Å². The van der Waals surface area contributed by atoms with Crippen molar-refractivity contribution in [3.8, 4) is 6.07 Å². The van der Waals surface area contributed by atoms with Crippen LogP contribution in [0, 0.1) is 18.3 Å². The first-order valence-corrected chi connectivity index (χ1v) is 9.30. The Morgan fingerprint density at radius 1 is 1.03 bits per heavy atom. The molecule has 0 atom stereocenters. The van der Waals surface area contributed by atoms with E-state index in [1.54, 1.807) is 30.3 Å². The molecule has 29 heavy (non-hydrogen) atoms. The van der Waals surface area contributed by atoms with Gasteiger partial charge in [-0.05, 0) is 54.3 Å². The lowest BCUT2D eigenvalue weighted by Crippen LogP contribution is -2.17. The molecular weight excluding hydrogens is 362 g/mol. The number of hydrogen-bond donors (Lipinski definition) is 2. The summed E-state index contributed by atoms with van der Waals surface area (Å²) in [7, 11) is 0. The van der Waals surface area contributed by atoms with E-state index in [1.165, 1.54) is 0 Å². The maximum absolute atomic E-state index is 12.7. The summed E-state index contributed by atoms with van der Waals surface area (Å²) in [6.45, 7) is 8.24. The topological polar surface area (TPSA) is 90.7 Å². The Balaban J connectivity index is 1.85. The minimum absolute atomic E-state index is 0.0524. The molecule has 0 aliphatic heterocycles. The van der Waals surface area contributed by atoms with E-state index in [9.17, 15) is 4.79 Å². The highest BCUT2D eigenvalue weighted by atomic mass is 16.1. The van der Waals surface area contributed by atoms with Crippen LogP contribution < -0.4 is 10.6 Å². The van der Waals surface area contributed by atoms with Crippen LogP contribution >= 0.6 is 0 Å². The third kappa shape index (κ3) is 4.96. The second-order valence-electron chi connectivity index (χ2n) is 7.78. The Labute approximate surface area is 170 Å². The Kier molecular flexibility index (Phi) is 5.60. The van der Waals surface area contributed by atoms with E-state index in [0.717, 1.165) is 11.3 Å². The van der Waals surface area contributed by atoms with Crippen LogP contribution in [-0.2, 0) is 5.41 Å². The molecular formula is C23H23N5O. The largest absolute Gasteiger partial charge is 0.324 e. The number of hydrogen-bond acceptors (Lipinski definition) is 5. The normalized spacial score (nSPS) is 10.9. The molecule has 0 unspecified atom stereocenters. The second-order valence-corrected chi connectivity index (χ2v) is 7.78. The molecule has 0 fully saturated rings. The zero-order valence-corrected chi connectivity index (χ0v) is 16.9. The molecule has 6 heteroatoms. The number of aryl methyl sites for hydroxylation is 1. The average molecular weight is 385 g/mol. The quantitative estimate of drug-likeness (QED) is 0.663. The van der Waals surface area contributed by atoms with Gasteiger partial charge in [0, 0.05) is 17.1 Å². The monoisotopic (exact) mass is 385 g/mol. The lowest BCUT2D eigenvalue weighted by atomic mass is 9.86. The maximum Gasteiger partial charge on any atom is 0.274 e. The van der Waals surface area contributed by atoms with Gasteiger partial charge < -0.3 is 10.6 Å². The van der Waals surface area contributed by atoms with Gasteiger partial charge in [-0.15, -0.1) is 0 Å². The molecule has 1 amide bonds. The number of aromatic nitrogens is 2. The van der Waals surface area contributed by atoms with Gasteiger partial charge in [-0.1, -0.05) is 39.0 Å². The summed E-state index contributed by atoms with van der Waals surface area (Å²) >= 11 is 0. The highest BCUT2D eigenvalue weighted by Crippen LogP contribution is 2.30. The van der Waals surface area contributed by atoms with Gasteiger partial charge in [0.05, 0.1) is 11.6 Å². The van der Waals surface area contributed by atoms with E-state index in [0.29, 0.717) is 22.9 Å². The van der Waals surface area contributed by atoms with Gasteiger partial charge in [-0.25, -0.2) is 9.97 Å². The highest BCUT2D eigenvalue weighted by molar-refractivity contribution is 6.03. The molecule has 0 saturated carbocycles. The number of carbonyl (C=O) groups excluding carboxylic acids is 1. The fraction of sp³-hybridized carbons (Fsp3) is 0.217. The lowest BCUT2D eigenvalue weighted by Gasteiger charge is -2.23. The highest BCUT2D eigenvalue weighted by Gasteiger charge is 2.18. The first-order chi connectivity index (χ1) is 13.8. The summed E-state index contributed by atoms with van der Waals surface area (Å²) in [5.41, 5.74) is 4.06. The van der Waals surface area contributed by atoms with Crippen LogP contribution in [0.3, 0.4) is 0 Å². The Bertz CT molecular complexity index is 1080. The van der Waals surface area contributed by atoms with E-state index < -0.39 is 0 Å². The van der Waals surface area contributed by atoms with E-state index in [-0.39, 0.29) is 17.0 Å². The van der Waals surface area contributed by atoms with E-state index in [1.807, 2.05) is 25.1 Å². The molecule has 0 radical (unpaired) electrons. The standard InChI is InChI=1S/C23H23N5O/c1-15-13-20(21(29)26-17-11-9-16(14-24)10-12-17)28-22(25-15)27-19-8-6-5-7-18(19)23(2,3)4/h5-13H,1-4H3,(H,26,29)(H,25,27,28). The number of carbonyl (C=O) groups is 1. The van der Waals surface area contributed by atoms with E-state index in [2.05, 4.69) is 53.5 Å². The molecule has 0 saturated heterocycles. The number of anilines is 3. The maximum atomic E-state index is 12.7. The first-order valence-electron chi connectivity index (χ1n) is 9.30. The Hall–Kier alpha value is -3.72. The molecule has 6 nitrogen and oxygen atoms in total. The van der Waals surface area contributed by atoms with E-state index >= 15 is 0 Å². The van der Waals surface area contributed by atoms with Crippen LogP contribution in [0.4, 0.5) is 17.3 Å². The van der Waals surface area contributed by atoms with Crippen LogP contribution in [0.1, 0.15) is 48.1 Å². The van der Waals surface area contributed by atoms with Crippen molar-refractivity contribution in [1.82, 2.24) is 9.97 Å².